The minimum atomic E-state index is 0.160. The summed E-state index contributed by atoms with van der Waals surface area (Å²) in [5.41, 5.74) is 0.508. The van der Waals surface area contributed by atoms with Crippen LogP contribution >= 0.6 is 0 Å². The van der Waals surface area contributed by atoms with Crippen molar-refractivity contribution in [3.63, 3.8) is 0 Å². The Labute approximate surface area is 61.8 Å². The minimum Gasteiger partial charge on any atom is -0.299 e. The van der Waals surface area contributed by atoms with Gasteiger partial charge in [-0.2, -0.15) is 0 Å². The van der Waals surface area contributed by atoms with Gasteiger partial charge >= 0.3 is 0 Å². The number of carbonyl (C=O) groups excluding carboxylic acids is 1. The van der Waals surface area contributed by atoms with Crippen LogP contribution in [0, 0.1) is 10.8 Å². The van der Waals surface area contributed by atoms with E-state index >= 15 is 0 Å². The summed E-state index contributed by atoms with van der Waals surface area (Å²) in [6.45, 7) is 4.44. The van der Waals surface area contributed by atoms with Crippen molar-refractivity contribution in [3.05, 3.63) is 0 Å². The van der Waals surface area contributed by atoms with Crippen LogP contribution in [0.2, 0.25) is 0 Å². The molecule has 1 spiro atoms. The lowest BCUT2D eigenvalue weighted by Gasteiger charge is -2.09. The highest BCUT2D eigenvalue weighted by molar-refractivity contribution is 5.90. The van der Waals surface area contributed by atoms with Crippen LogP contribution in [0.3, 0.4) is 0 Å². The molecule has 0 saturated heterocycles. The zero-order chi connectivity index (χ0) is 7.41. The van der Waals surface area contributed by atoms with Crippen LogP contribution in [0.25, 0.3) is 0 Å². The highest BCUT2D eigenvalue weighted by atomic mass is 16.1. The quantitative estimate of drug-likeness (QED) is 0.501. The largest absolute Gasteiger partial charge is 0.299 e. The van der Waals surface area contributed by atoms with E-state index in [1.807, 2.05) is 0 Å². The van der Waals surface area contributed by atoms with Crippen LogP contribution in [-0.2, 0) is 4.79 Å². The van der Waals surface area contributed by atoms with Gasteiger partial charge in [0, 0.05) is 11.8 Å². The van der Waals surface area contributed by atoms with Crippen molar-refractivity contribution < 1.29 is 4.79 Å². The van der Waals surface area contributed by atoms with Gasteiger partial charge in [-0.05, 0) is 24.7 Å². The molecule has 2 aliphatic rings. The molecule has 0 bridgehead atoms. The summed E-state index contributed by atoms with van der Waals surface area (Å²) in [6, 6.07) is 0. The smallest absolute Gasteiger partial charge is 0.139 e. The molecule has 1 unspecified atom stereocenters. The fourth-order valence-electron chi connectivity index (χ4n) is 2.54. The summed E-state index contributed by atoms with van der Waals surface area (Å²) in [5, 5.41) is 0. The third-order valence-electron chi connectivity index (χ3n) is 3.46. The average molecular weight is 138 g/mol. The molecule has 0 aromatic heterocycles. The summed E-state index contributed by atoms with van der Waals surface area (Å²) < 4.78 is 0. The molecule has 0 N–H and O–H groups in total. The lowest BCUT2D eigenvalue weighted by Crippen LogP contribution is -2.13. The molecular weight excluding hydrogens is 124 g/mol. The van der Waals surface area contributed by atoms with Crippen LogP contribution < -0.4 is 0 Å². The van der Waals surface area contributed by atoms with Gasteiger partial charge in [0.2, 0.25) is 0 Å². The molecule has 56 valence electrons. The molecule has 2 rings (SSSR count). The second-order valence-electron chi connectivity index (χ2n) is 4.42. The number of hydrogen-bond donors (Lipinski definition) is 0. The fraction of sp³-hybridized carbons (Fsp3) is 0.889. The average Bonchev–Trinajstić information content (AvgIpc) is 2.12. The Bertz CT molecular complexity index is 189. The van der Waals surface area contributed by atoms with Crippen molar-refractivity contribution in [1.29, 1.82) is 0 Å². The Kier molecular flexibility index (Phi) is 0.934. The molecule has 1 nitrogen and oxygen atoms in total. The van der Waals surface area contributed by atoms with E-state index in [4.69, 9.17) is 0 Å². The zero-order valence-corrected chi connectivity index (χ0v) is 6.74. The van der Waals surface area contributed by atoms with Crippen LogP contribution in [0.4, 0.5) is 0 Å². The summed E-state index contributed by atoms with van der Waals surface area (Å²) in [4.78, 5) is 11.4. The number of rotatable bonds is 0. The van der Waals surface area contributed by atoms with E-state index < -0.39 is 0 Å². The topological polar surface area (TPSA) is 17.1 Å². The molecule has 0 radical (unpaired) electrons. The van der Waals surface area contributed by atoms with E-state index in [-0.39, 0.29) is 5.41 Å². The Morgan fingerprint density at radius 1 is 1.40 bits per heavy atom. The van der Waals surface area contributed by atoms with E-state index in [1.165, 1.54) is 6.42 Å². The molecule has 0 aromatic carbocycles. The first kappa shape index (κ1) is 6.38. The first-order valence-electron chi connectivity index (χ1n) is 4.12. The van der Waals surface area contributed by atoms with Gasteiger partial charge in [0.1, 0.15) is 5.78 Å². The summed E-state index contributed by atoms with van der Waals surface area (Å²) >= 11 is 0. The van der Waals surface area contributed by atoms with Gasteiger partial charge in [0.25, 0.3) is 0 Å². The number of Topliss-reactive ketones (excluding diaryl/α,β-unsaturated/α-hetero) is 1. The lowest BCUT2D eigenvalue weighted by molar-refractivity contribution is -0.122. The summed E-state index contributed by atoms with van der Waals surface area (Å²) in [6.07, 6.45) is 4.31. The maximum Gasteiger partial charge on any atom is 0.139 e. The van der Waals surface area contributed by atoms with E-state index in [0.717, 1.165) is 19.3 Å². The number of ketones is 1. The first-order valence-corrected chi connectivity index (χ1v) is 4.12. The maximum absolute atomic E-state index is 11.4. The summed E-state index contributed by atoms with van der Waals surface area (Å²) in [5.74, 6) is 0.539. The molecule has 0 aliphatic heterocycles. The Hall–Kier alpha value is -0.330. The highest BCUT2D eigenvalue weighted by Crippen LogP contribution is 2.69. The van der Waals surface area contributed by atoms with Gasteiger partial charge in [-0.25, -0.2) is 0 Å². The summed E-state index contributed by atoms with van der Waals surface area (Å²) in [7, 11) is 0. The molecule has 2 saturated carbocycles. The van der Waals surface area contributed by atoms with Gasteiger partial charge in [-0.3, -0.25) is 4.79 Å². The normalized spacial score (nSPS) is 42.8. The van der Waals surface area contributed by atoms with Crippen molar-refractivity contribution >= 4 is 5.78 Å². The predicted molar refractivity (Wildman–Crippen MR) is 39.7 cm³/mol. The fourth-order valence-corrected chi connectivity index (χ4v) is 2.54. The molecule has 0 aromatic rings. The molecule has 0 amide bonds. The predicted octanol–water partition coefficient (Wildman–Crippen LogP) is 2.16. The van der Waals surface area contributed by atoms with Crippen molar-refractivity contribution in [2.24, 2.45) is 10.8 Å². The van der Waals surface area contributed by atoms with E-state index in [1.54, 1.807) is 0 Å². The van der Waals surface area contributed by atoms with Crippen LogP contribution in [0.1, 0.15) is 39.5 Å². The van der Waals surface area contributed by atoms with Gasteiger partial charge in [0.15, 0.2) is 0 Å². The van der Waals surface area contributed by atoms with Crippen molar-refractivity contribution in [2.75, 3.05) is 0 Å². The molecule has 2 aliphatic carbocycles. The molecule has 1 atom stereocenters. The standard InChI is InChI=1S/C9H14O/c1-8(2)6-9(8)5-3-4-7(9)10/h3-6H2,1-2H3. The Morgan fingerprint density at radius 3 is 2.20 bits per heavy atom. The van der Waals surface area contributed by atoms with E-state index in [9.17, 15) is 4.79 Å². The van der Waals surface area contributed by atoms with Gasteiger partial charge in [0.05, 0.1) is 0 Å². The monoisotopic (exact) mass is 138 g/mol. The minimum absolute atomic E-state index is 0.160. The number of hydrogen-bond acceptors (Lipinski definition) is 1. The van der Waals surface area contributed by atoms with Crippen LogP contribution in [0.15, 0.2) is 0 Å². The number of carbonyl (C=O) groups is 1. The molecular formula is C9H14O. The molecule has 1 heteroatoms. The van der Waals surface area contributed by atoms with E-state index in [0.29, 0.717) is 11.2 Å². The van der Waals surface area contributed by atoms with Crippen LogP contribution in [0.5, 0.6) is 0 Å². The third kappa shape index (κ3) is 0.518. The van der Waals surface area contributed by atoms with Crippen molar-refractivity contribution in [2.45, 2.75) is 39.5 Å². The molecule has 2 fully saturated rings. The van der Waals surface area contributed by atoms with E-state index in [2.05, 4.69) is 13.8 Å². The van der Waals surface area contributed by atoms with Gasteiger partial charge < -0.3 is 0 Å². The zero-order valence-electron chi connectivity index (χ0n) is 6.74. The second kappa shape index (κ2) is 1.46. The van der Waals surface area contributed by atoms with Gasteiger partial charge in [-0.15, -0.1) is 0 Å². The Morgan fingerprint density at radius 2 is 2.00 bits per heavy atom. The molecule has 10 heavy (non-hydrogen) atoms. The van der Waals surface area contributed by atoms with Gasteiger partial charge in [-0.1, -0.05) is 13.8 Å². The highest BCUT2D eigenvalue weighted by Gasteiger charge is 2.66. The SMILES string of the molecule is CC1(C)CC12CCCC2=O. The Balaban J connectivity index is 2.27. The first-order chi connectivity index (χ1) is 4.58. The lowest BCUT2D eigenvalue weighted by atomic mass is 9.94. The molecule has 0 heterocycles. The second-order valence-corrected chi connectivity index (χ2v) is 4.42. The van der Waals surface area contributed by atoms with Crippen LogP contribution in [-0.4, -0.2) is 5.78 Å². The van der Waals surface area contributed by atoms with Crippen molar-refractivity contribution in [3.8, 4) is 0 Å². The maximum atomic E-state index is 11.4. The third-order valence-corrected chi connectivity index (χ3v) is 3.46. The van der Waals surface area contributed by atoms with Crippen molar-refractivity contribution in [1.82, 2.24) is 0 Å².